The molecule has 35 heteroatoms. The molecule has 0 spiro atoms. The minimum atomic E-state index is -1.83. The van der Waals surface area contributed by atoms with Gasteiger partial charge < -0.3 is 105 Å². The highest BCUT2D eigenvalue weighted by molar-refractivity contribution is 8.00. The van der Waals surface area contributed by atoms with E-state index in [0.29, 0.717) is 55.2 Å². The molecule has 654 valence electrons. The molecule has 0 aliphatic carbocycles. The maximum absolute atomic E-state index is 15.6. The number of nitrogens with two attached hydrogens (primary N) is 1. The van der Waals surface area contributed by atoms with Gasteiger partial charge in [0, 0.05) is 85.5 Å². The summed E-state index contributed by atoms with van der Waals surface area (Å²) >= 11 is 0.825. The molecule has 2 aromatic heterocycles. The number of phenolic OH excluding ortho intramolecular Hbond substituents is 3. The fourth-order valence-electron chi connectivity index (χ4n) is 14.1. The summed E-state index contributed by atoms with van der Waals surface area (Å²) < 4.78 is 0. The first-order chi connectivity index (χ1) is 58.7. The number of H-pyrrole nitrogens is 2. The van der Waals surface area contributed by atoms with Crippen LogP contribution in [0.15, 0.2) is 164 Å². The first-order valence-corrected chi connectivity index (χ1v) is 41.6. The summed E-state index contributed by atoms with van der Waals surface area (Å²) in [6.45, 7) is 7.59. The number of fused-ring (bicyclic) bond motifs is 2. The van der Waals surface area contributed by atoms with E-state index in [1.165, 1.54) is 79.8 Å². The Kier molecular flexibility index (Phi) is 34.1. The number of aliphatic hydroxyl groups is 1. The van der Waals surface area contributed by atoms with Crippen LogP contribution >= 0.6 is 11.8 Å². The molecule has 14 amide bonds. The third kappa shape index (κ3) is 27.9. The molecule has 6 aromatic carbocycles. The molecule has 0 bridgehead atoms. The number of benzene rings is 6. The zero-order chi connectivity index (χ0) is 89.1. The molecule has 11 atom stereocenters. The molecule has 123 heavy (non-hydrogen) atoms. The third-order valence-electron chi connectivity index (χ3n) is 20.7. The van der Waals surface area contributed by atoms with E-state index in [4.69, 9.17) is 5.73 Å². The van der Waals surface area contributed by atoms with Crippen molar-refractivity contribution in [1.82, 2.24) is 78.7 Å². The van der Waals surface area contributed by atoms with Gasteiger partial charge in [-0.1, -0.05) is 145 Å². The molecule has 3 heterocycles. The van der Waals surface area contributed by atoms with E-state index in [-0.39, 0.29) is 86.2 Å². The Labute approximate surface area is 714 Å². The zero-order valence-corrected chi connectivity index (χ0v) is 70.1. The van der Waals surface area contributed by atoms with Crippen molar-refractivity contribution in [1.29, 1.82) is 0 Å². The second-order valence-electron chi connectivity index (χ2n) is 31.7. The number of nitrogens with zero attached hydrogens (tertiary/aromatic N) is 1. The summed E-state index contributed by atoms with van der Waals surface area (Å²) in [5, 5.41) is 75.0. The van der Waals surface area contributed by atoms with Crippen LogP contribution in [0, 0.1) is 17.8 Å². The molecule has 34 nitrogen and oxygen atoms in total. The molecule has 1 aliphatic heterocycles. The number of aromatic nitrogens is 2. The predicted octanol–water partition coefficient (Wildman–Crippen LogP) is 1.40. The van der Waals surface area contributed by atoms with Crippen LogP contribution in [0.3, 0.4) is 0 Å². The van der Waals surface area contributed by atoms with E-state index in [9.17, 15) is 63.6 Å². The van der Waals surface area contributed by atoms with Crippen LogP contribution < -0.4 is 69.5 Å². The fraction of sp³-hybridized carbons (Fsp3) is 0.386. The van der Waals surface area contributed by atoms with Crippen molar-refractivity contribution in [3.8, 4) is 17.2 Å². The van der Waals surface area contributed by atoms with Gasteiger partial charge in [-0.15, -0.1) is 11.8 Å². The van der Waals surface area contributed by atoms with Gasteiger partial charge in [0.2, 0.25) is 82.7 Å². The quantitative estimate of drug-likeness (QED) is 0.0483. The van der Waals surface area contributed by atoms with E-state index in [1.807, 2.05) is 0 Å². The minimum Gasteiger partial charge on any atom is -0.508 e. The topological polar surface area (TPSA) is 525 Å². The number of aliphatic hydroxyl groups excluding tert-OH is 1. The Morgan fingerprint density at radius 2 is 0.837 bits per heavy atom. The Bertz CT molecular complexity index is 5050. The summed E-state index contributed by atoms with van der Waals surface area (Å²) in [7, 11) is 1.32. The molecular weight excluding hydrogens is 1600 g/mol. The number of amides is 14. The lowest BCUT2D eigenvalue weighted by molar-refractivity contribution is -0.143. The van der Waals surface area contributed by atoms with E-state index in [0.717, 1.165) is 16.7 Å². The SMILES string of the molecule is CC(C)C[C@@H]1NC(=O)[C@H](Cc2ccc(O)cc2)NC(=O)[C@H](Cc2c[nH]c3ccccc23)NC(=O)CSC[C@@H](C(=O)NCC(N)=O)NC(=O)[C@H](CC(C)C)NC(=O)[C@H](Cc2ccccc2)N(C)C(=O)[C@H](Cc2ccc(O)cc2)NC(=O)[C@H](Cc2c[nH]c3ccccc23)NC(=O)CNC(=O)[C@H](CO)NC(=O)[C@H](Cc2ccc(O)cc2)NC(=O)[C@H](C(C)C)NC1=O. The average Bonchev–Trinajstić information content (AvgIpc) is 1.69. The molecule has 1 saturated heterocycles. The lowest BCUT2D eigenvalue weighted by atomic mass is 9.98. The van der Waals surface area contributed by atoms with Gasteiger partial charge in [0.05, 0.1) is 25.4 Å². The number of likely N-dealkylation sites (N-methyl/N-ethyl adjacent to an activating group) is 1. The van der Waals surface area contributed by atoms with Crippen LogP contribution in [0.5, 0.6) is 17.2 Å². The number of aromatic amines is 2. The number of para-hydroxylation sites is 2. The van der Waals surface area contributed by atoms with Crippen molar-refractivity contribution in [3.05, 3.63) is 197 Å². The van der Waals surface area contributed by atoms with E-state index >= 15 is 24.0 Å². The molecule has 20 N–H and O–H groups in total. The van der Waals surface area contributed by atoms with E-state index < -0.39 is 181 Å². The summed E-state index contributed by atoms with van der Waals surface area (Å²) in [6, 6.07) is 22.7. The monoisotopic (exact) mass is 1710 g/mol. The number of rotatable bonds is 21. The second-order valence-corrected chi connectivity index (χ2v) is 32.7. The molecular formula is C88H108N16O18S. The van der Waals surface area contributed by atoms with Crippen LogP contribution in [0.4, 0.5) is 0 Å². The van der Waals surface area contributed by atoms with Gasteiger partial charge in [0.25, 0.3) is 0 Å². The maximum atomic E-state index is 15.6. The Hall–Kier alpha value is -13.3. The Balaban J connectivity index is 1.10. The number of phenols is 3. The predicted molar refractivity (Wildman–Crippen MR) is 459 cm³/mol. The Morgan fingerprint density at radius 1 is 0.439 bits per heavy atom. The molecule has 0 unspecified atom stereocenters. The van der Waals surface area contributed by atoms with Crippen LogP contribution in [0.1, 0.15) is 87.8 Å². The van der Waals surface area contributed by atoms with Crippen molar-refractivity contribution < 1.29 is 87.5 Å². The van der Waals surface area contributed by atoms with Crippen LogP contribution in [0.2, 0.25) is 0 Å². The number of hydrogen-bond acceptors (Lipinski definition) is 19. The van der Waals surface area contributed by atoms with E-state index in [2.05, 4.69) is 73.8 Å². The number of carbonyl (C=O) groups is 14. The van der Waals surface area contributed by atoms with Gasteiger partial charge in [0.1, 0.15) is 83.7 Å². The van der Waals surface area contributed by atoms with Crippen molar-refractivity contribution >= 4 is 116 Å². The van der Waals surface area contributed by atoms with E-state index in [1.54, 1.807) is 133 Å². The number of hydrogen-bond donors (Lipinski definition) is 19. The van der Waals surface area contributed by atoms with Gasteiger partial charge in [-0.3, -0.25) is 67.1 Å². The largest absolute Gasteiger partial charge is 0.508 e. The smallest absolute Gasteiger partial charge is 0.245 e. The third-order valence-corrected chi connectivity index (χ3v) is 21.7. The molecule has 0 radical (unpaired) electrons. The Morgan fingerprint density at radius 3 is 1.31 bits per heavy atom. The van der Waals surface area contributed by atoms with Crippen LogP contribution in [0.25, 0.3) is 21.8 Å². The van der Waals surface area contributed by atoms with Crippen molar-refractivity contribution in [2.75, 3.05) is 38.2 Å². The standard InChI is InChI=1S/C88H108N16O18S/c1-48(2)33-64-80(114)102-72(79(113)92-43-74(89)109)46-123-47-76(111)95-69(40-56-42-91-63-20-14-12-18-61(56)63)83(117)97-66(35-52-21-27-57(106)28-22-52)81(115)96-65(34-49(3)4)85(119)103-77(50(5)6)87(121)99-67(36-53-23-29-58(107)30-24-53)82(116)101-71(45-105)78(112)93-44-75(110)94-68(39-55-41-90-62-19-13-11-17-60(55)62)84(118)100-70(37-54-25-31-59(108)32-26-54)88(122)104(7)73(86(120)98-64)38-51-15-9-8-10-16-51/h8-32,41-42,48-50,64-73,77,90-91,105-108H,33-40,43-47H2,1-7H3,(H2,89,109)(H,92,113)(H,93,112)(H,94,110)(H,95,111)(H,96,115)(H,97,117)(H,98,120)(H,99,121)(H,100,118)(H,101,116)(H,102,114)(H,103,119)/t64-,65-,66-,67-,68-,69-,70-,71-,72-,73-,77-/m0/s1. The van der Waals surface area contributed by atoms with Gasteiger partial charge >= 0.3 is 0 Å². The minimum absolute atomic E-state index is 0.0503. The lowest BCUT2D eigenvalue weighted by Crippen LogP contribution is -2.61. The van der Waals surface area contributed by atoms with Crippen molar-refractivity contribution in [2.45, 2.75) is 159 Å². The van der Waals surface area contributed by atoms with Crippen molar-refractivity contribution in [3.63, 3.8) is 0 Å². The summed E-state index contributed by atoms with van der Waals surface area (Å²) in [6.07, 6.45) is 1.64. The van der Waals surface area contributed by atoms with Gasteiger partial charge in [-0.25, -0.2) is 0 Å². The zero-order valence-electron chi connectivity index (χ0n) is 69.3. The first-order valence-electron chi connectivity index (χ1n) is 40.5. The lowest BCUT2D eigenvalue weighted by Gasteiger charge is -2.33. The molecule has 8 aromatic rings. The average molecular weight is 1710 g/mol. The summed E-state index contributed by atoms with van der Waals surface area (Å²) in [5.41, 5.74) is 9.62. The van der Waals surface area contributed by atoms with Gasteiger partial charge in [-0.2, -0.15) is 0 Å². The number of primary amides is 1. The fourth-order valence-corrected chi connectivity index (χ4v) is 15.0. The molecule has 1 aliphatic rings. The number of thioether (sulfide) groups is 1. The van der Waals surface area contributed by atoms with Crippen LogP contribution in [-0.2, 0) is 106 Å². The highest BCUT2D eigenvalue weighted by Gasteiger charge is 2.40. The molecule has 0 saturated carbocycles. The van der Waals surface area contributed by atoms with Crippen LogP contribution in [-0.4, -0.2) is 223 Å². The van der Waals surface area contributed by atoms with Crippen molar-refractivity contribution in [2.24, 2.45) is 23.5 Å². The normalized spacial score (nSPS) is 21.9. The highest BCUT2D eigenvalue weighted by atomic mass is 32.2. The summed E-state index contributed by atoms with van der Waals surface area (Å²) in [4.78, 5) is 213. The molecule has 1 fully saturated rings. The van der Waals surface area contributed by atoms with Gasteiger partial charge in [0.15, 0.2) is 0 Å². The molecule has 9 rings (SSSR count). The number of aromatic hydroxyl groups is 3. The highest BCUT2D eigenvalue weighted by Crippen LogP contribution is 2.25. The second kappa shape index (κ2) is 44.8. The number of nitrogens with one attached hydrogen (secondary N) is 14. The summed E-state index contributed by atoms with van der Waals surface area (Å²) in [5.74, 6) is -15.7. The maximum Gasteiger partial charge on any atom is 0.245 e. The van der Waals surface area contributed by atoms with Gasteiger partial charge in [-0.05, 0) is 113 Å². The first kappa shape index (κ1) is 93.6. The number of carbonyl (C=O) groups excluding carboxylic acids is 14.